The van der Waals surface area contributed by atoms with Gasteiger partial charge in [-0.1, -0.05) is 13.8 Å². The zero-order valence-electron chi connectivity index (χ0n) is 15.8. The molecule has 0 spiro atoms. The van der Waals surface area contributed by atoms with Gasteiger partial charge < -0.3 is 10.2 Å². The quantitative estimate of drug-likeness (QED) is 0.677. The number of aromatic nitrogens is 2. The van der Waals surface area contributed by atoms with Crippen molar-refractivity contribution in [1.82, 2.24) is 10.2 Å². The molecule has 4 aliphatic carbocycles. The molecule has 0 unspecified atom stereocenters. The highest BCUT2D eigenvalue weighted by molar-refractivity contribution is 5.26. The van der Waals surface area contributed by atoms with E-state index in [2.05, 4.69) is 24.0 Å². The molecule has 3 saturated carbocycles. The molecule has 25 heavy (non-hydrogen) atoms. The van der Waals surface area contributed by atoms with Gasteiger partial charge in [0.25, 0.3) is 0 Å². The van der Waals surface area contributed by atoms with Gasteiger partial charge in [-0.15, -0.1) is 0 Å². The van der Waals surface area contributed by atoms with Crippen molar-refractivity contribution in [3.63, 3.8) is 0 Å². The highest BCUT2D eigenvalue weighted by Crippen LogP contribution is 2.67. The molecule has 4 nitrogen and oxygen atoms in total. The van der Waals surface area contributed by atoms with Gasteiger partial charge in [-0.3, -0.25) is 5.10 Å². The number of nitrogens with zero attached hydrogens (tertiary/aromatic N) is 1. The maximum Gasteiger partial charge on any atom is 0.0933 e. The lowest BCUT2D eigenvalue weighted by atomic mass is 9.44. The van der Waals surface area contributed by atoms with E-state index >= 15 is 0 Å². The number of aromatic amines is 1. The molecule has 4 aliphatic rings. The summed E-state index contributed by atoms with van der Waals surface area (Å²) >= 11 is 0. The minimum Gasteiger partial charge on any atom is -0.390 e. The highest BCUT2D eigenvalue weighted by atomic mass is 16.3. The Morgan fingerprint density at radius 3 is 2.76 bits per heavy atom. The van der Waals surface area contributed by atoms with Crippen molar-refractivity contribution in [3.8, 4) is 0 Å². The molecule has 0 aliphatic heterocycles. The van der Waals surface area contributed by atoms with Crippen LogP contribution in [0, 0.1) is 34.5 Å². The number of aliphatic hydroxyl groups is 2. The topological polar surface area (TPSA) is 69.1 Å². The van der Waals surface area contributed by atoms with Crippen LogP contribution in [0.1, 0.15) is 64.1 Å². The molecule has 0 bridgehead atoms. The summed E-state index contributed by atoms with van der Waals surface area (Å²) in [6.07, 6.45) is 9.32. The van der Waals surface area contributed by atoms with E-state index in [9.17, 15) is 10.2 Å². The van der Waals surface area contributed by atoms with E-state index in [4.69, 9.17) is 0 Å². The van der Waals surface area contributed by atoms with E-state index in [1.807, 2.05) is 13.1 Å². The van der Waals surface area contributed by atoms with Crippen LogP contribution in [0.15, 0.2) is 6.20 Å². The Morgan fingerprint density at radius 1 is 1.16 bits per heavy atom. The van der Waals surface area contributed by atoms with Crippen LogP contribution in [0.3, 0.4) is 0 Å². The summed E-state index contributed by atoms with van der Waals surface area (Å²) in [4.78, 5) is 0. The Bertz CT molecular complexity index is 698. The van der Waals surface area contributed by atoms with E-state index in [0.29, 0.717) is 23.2 Å². The van der Waals surface area contributed by atoms with Crippen LogP contribution in [0.4, 0.5) is 0 Å². The zero-order chi connectivity index (χ0) is 17.6. The number of rotatable bonds is 0. The van der Waals surface area contributed by atoms with Gasteiger partial charge in [-0.2, -0.15) is 5.10 Å². The first-order valence-corrected chi connectivity index (χ1v) is 10.2. The number of hydrogen-bond acceptors (Lipinski definition) is 3. The van der Waals surface area contributed by atoms with Gasteiger partial charge in [-0.25, -0.2) is 0 Å². The van der Waals surface area contributed by atoms with Crippen molar-refractivity contribution < 1.29 is 10.2 Å². The first kappa shape index (κ1) is 16.3. The molecule has 0 radical (unpaired) electrons. The molecule has 3 fully saturated rings. The summed E-state index contributed by atoms with van der Waals surface area (Å²) in [5.41, 5.74) is 2.06. The Balaban J connectivity index is 1.51. The summed E-state index contributed by atoms with van der Waals surface area (Å²) in [5, 5.41) is 29.1. The first-order chi connectivity index (χ1) is 11.8. The molecule has 1 aromatic heterocycles. The van der Waals surface area contributed by atoms with Crippen molar-refractivity contribution >= 4 is 0 Å². The van der Waals surface area contributed by atoms with Gasteiger partial charge in [0.2, 0.25) is 0 Å². The molecule has 1 heterocycles. The lowest BCUT2D eigenvalue weighted by Crippen LogP contribution is -2.57. The number of fused-ring (bicyclic) bond motifs is 6. The van der Waals surface area contributed by atoms with Crippen LogP contribution in [0.5, 0.6) is 0 Å². The molecule has 0 aromatic carbocycles. The van der Waals surface area contributed by atoms with Gasteiger partial charge in [0, 0.05) is 11.1 Å². The largest absolute Gasteiger partial charge is 0.390 e. The van der Waals surface area contributed by atoms with Crippen molar-refractivity contribution in [2.75, 3.05) is 0 Å². The second-order valence-electron chi connectivity index (χ2n) is 10.3. The smallest absolute Gasteiger partial charge is 0.0933 e. The molecule has 0 amide bonds. The van der Waals surface area contributed by atoms with Crippen molar-refractivity contribution in [2.24, 2.45) is 34.5 Å². The molecular formula is C21H32N2O2. The molecule has 5 rings (SSSR count). The standard InChI is InChI=1S/C21H32N2O2/c1-19-10-12-11-22-23-17(12)8-13(19)4-5-14-15(19)6-7-20(2)16(14)9-18(24)21(20,3)25/h11,13-16,18,24-25H,4-10H2,1-3H3,(H,22,23)/t13-,14+,15-,16-,18+,19-,20-,21+/m0/s1. The minimum atomic E-state index is -0.940. The molecule has 1 aromatic rings. The van der Waals surface area contributed by atoms with E-state index in [1.54, 1.807) is 0 Å². The number of H-pyrrole nitrogens is 1. The predicted molar refractivity (Wildman–Crippen MR) is 95.9 cm³/mol. The highest BCUT2D eigenvalue weighted by Gasteiger charge is 2.66. The van der Waals surface area contributed by atoms with Crippen molar-refractivity contribution in [1.29, 1.82) is 0 Å². The van der Waals surface area contributed by atoms with Crippen LogP contribution >= 0.6 is 0 Å². The minimum absolute atomic E-state index is 0.133. The third-order valence-electron chi connectivity index (χ3n) is 9.57. The predicted octanol–water partition coefficient (Wildman–Crippen LogP) is 3.09. The van der Waals surface area contributed by atoms with E-state index in [0.717, 1.165) is 31.6 Å². The summed E-state index contributed by atoms with van der Waals surface area (Å²) < 4.78 is 0. The van der Waals surface area contributed by atoms with Gasteiger partial charge in [0.05, 0.1) is 17.9 Å². The maximum atomic E-state index is 11.0. The fourth-order valence-corrected chi connectivity index (χ4v) is 7.70. The van der Waals surface area contributed by atoms with Crippen LogP contribution in [-0.4, -0.2) is 32.1 Å². The maximum absolute atomic E-state index is 11.0. The van der Waals surface area contributed by atoms with Gasteiger partial charge in [0.15, 0.2) is 0 Å². The molecule has 8 atom stereocenters. The lowest BCUT2D eigenvalue weighted by Gasteiger charge is -2.60. The zero-order valence-corrected chi connectivity index (χ0v) is 15.8. The van der Waals surface area contributed by atoms with E-state index < -0.39 is 11.7 Å². The lowest BCUT2D eigenvalue weighted by molar-refractivity contribution is -0.155. The average molecular weight is 344 g/mol. The Hall–Kier alpha value is -0.870. The van der Waals surface area contributed by atoms with Crippen LogP contribution in [-0.2, 0) is 12.8 Å². The normalized spacial score (nSPS) is 54.4. The van der Waals surface area contributed by atoms with Crippen LogP contribution < -0.4 is 0 Å². The number of hydrogen-bond donors (Lipinski definition) is 3. The SMILES string of the molecule is C[C@]12Cc3cn[nH]c3C[C@@H]1CC[C@@H]1[C@@H]2CC[C@@]2(C)[C@H]1C[C@@H](O)[C@@]2(C)O. The van der Waals surface area contributed by atoms with Gasteiger partial charge >= 0.3 is 0 Å². The fraction of sp³-hybridized carbons (Fsp3) is 0.857. The number of aliphatic hydroxyl groups excluding tert-OH is 1. The van der Waals surface area contributed by atoms with Crippen LogP contribution in [0.2, 0.25) is 0 Å². The Kier molecular flexibility index (Phi) is 3.19. The third-order valence-corrected chi connectivity index (χ3v) is 9.57. The van der Waals surface area contributed by atoms with E-state index in [-0.39, 0.29) is 5.41 Å². The summed E-state index contributed by atoms with van der Waals surface area (Å²) in [5.74, 6) is 2.57. The second kappa shape index (κ2) is 4.89. The Labute approximate surface area is 150 Å². The van der Waals surface area contributed by atoms with Crippen molar-refractivity contribution in [2.45, 2.75) is 77.4 Å². The summed E-state index contributed by atoms with van der Waals surface area (Å²) in [6, 6.07) is 0. The number of nitrogens with one attached hydrogen (secondary N) is 1. The molecule has 4 heteroatoms. The molecule has 3 N–H and O–H groups in total. The molecule has 138 valence electrons. The summed E-state index contributed by atoms with van der Waals surface area (Å²) in [6.45, 7) is 6.65. The average Bonchev–Trinajstić information content (AvgIpc) is 3.07. The van der Waals surface area contributed by atoms with E-state index in [1.165, 1.54) is 30.5 Å². The van der Waals surface area contributed by atoms with Gasteiger partial charge in [0.1, 0.15) is 0 Å². The third kappa shape index (κ3) is 1.88. The monoisotopic (exact) mass is 344 g/mol. The van der Waals surface area contributed by atoms with Crippen LogP contribution in [0.25, 0.3) is 0 Å². The Morgan fingerprint density at radius 2 is 1.96 bits per heavy atom. The summed E-state index contributed by atoms with van der Waals surface area (Å²) in [7, 11) is 0. The van der Waals surface area contributed by atoms with Gasteiger partial charge in [-0.05, 0) is 86.5 Å². The molecule has 0 saturated heterocycles. The second-order valence-corrected chi connectivity index (χ2v) is 10.3. The first-order valence-electron chi connectivity index (χ1n) is 10.2. The van der Waals surface area contributed by atoms with Crippen molar-refractivity contribution in [3.05, 3.63) is 17.5 Å². The molecular weight excluding hydrogens is 312 g/mol. The fourth-order valence-electron chi connectivity index (χ4n) is 7.70.